The number of hydrogen-bond donors (Lipinski definition) is 3. The van der Waals surface area contributed by atoms with Crippen molar-refractivity contribution in [3.63, 3.8) is 0 Å². The Morgan fingerprint density at radius 3 is 2.35 bits per heavy atom. The summed E-state index contributed by atoms with van der Waals surface area (Å²) in [4.78, 5) is 15.6. The highest BCUT2D eigenvalue weighted by atomic mass is 35.5. The fourth-order valence-corrected chi connectivity index (χ4v) is 3.34. The standard InChI is InChI=1S/C18H18ClN5O2/c1-20-13-8-11-15(10-6-4-5-7-12(10)19)14(24(25)26)9-23-16(11)18(22-3)17(13)21-2/h4-9,20-22H,1-3H3. The summed E-state index contributed by atoms with van der Waals surface area (Å²) in [7, 11) is 5.39. The molecule has 0 radical (unpaired) electrons. The molecular formula is C18H18ClN5O2. The number of anilines is 3. The van der Waals surface area contributed by atoms with Gasteiger partial charge in [-0.3, -0.25) is 10.1 Å². The van der Waals surface area contributed by atoms with Gasteiger partial charge in [-0.1, -0.05) is 29.8 Å². The minimum atomic E-state index is -0.435. The molecule has 2 aromatic carbocycles. The van der Waals surface area contributed by atoms with Gasteiger partial charge in [0.2, 0.25) is 0 Å². The van der Waals surface area contributed by atoms with Crippen molar-refractivity contribution in [3.8, 4) is 11.1 Å². The molecule has 0 aliphatic rings. The van der Waals surface area contributed by atoms with Gasteiger partial charge >= 0.3 is 0 Å². The number of fused-ring (bicyclic) bond motifs is 1. The molecule has 0 aliphatic carbocycles. The topological polar surface area (TPSA) is 92.1 Å². The molecule has 3 aromatic rings. The fraction of sp³-hybridized carbons (Fsp3) is 0.167. The second kappa shape index (κ2) is 7.05. The molecule has 0 saturated heterocycles. The quantitative estimate of drug-likeness (QED) is 0.448. The first kappa shape index (κ1) is 17.8. The molecule has 0 unspecified atom stereocenters. The minimum absolute atomic E-state index is 0.0908. The van der Waals surface area contributed by atoms with Gasteiger partial charge in [0.15, 0.2) is 0 Å². The third kappa shape index (κ3) is 2.76. The third-order valence-electron chi connectivity index (χ3n) is 4.25. The summed E-state index contributed by atoms with van der Waals surface area (Å²) in [6, 6.07) is 8.93. The zero-order valence-electron chi connectivity index (χ0n) is 14.6. The van der Waals surface area contributed by atoms with Crippen molar-refractivity contribution in [2.24, 2.45) is 0 Å². The largest absolute Gasteiger partial charge is 0.386 e. The van der Waals surface area contributed by atoms with Gasteiger partial charge in [-0.2, -0.15) is 0 Å². The number of aromatic nitrogens is 1. The summed E-state index contributed by atoms with van der Waals surface area (Å²) in [6.07, 6.45) is 1.28. The van der Waals surface area contributed by atoms with E-state index in [1.54, 1.807) is 38.4 Å². The summed E-state index contributed by atoms with van der Waals surface area (Å²) in [5, 5.41) is 22.1. The summed E-state index contributed by atoms with van der Waals surface area (Å²) < 4.78 is 0. The fourth-order valence-electron chi connectivity index (χ4n) is 3.11. The lowest BCUT2D eigenvalue weighted by Crippen LogP contribution is -2.05. The highest BCUT2D eigenvalue weighted by Gasteiger charge is 2.24. The van der Waals surface area contributed by atoms with Crippen molar-refractivity contribution in [1.29, 1.82) is 0 Å². The Morgan fingerprint density at radius 1 is 1.08 bits per heavy atom. The molecule has 0 atom stereocenters. The van der Waals surface area contributed by atoms with Crippen LogP contribution in [0.15, 0.2) is 36.5 Å². The first-order valence-corrected chi connectivity index (χ1v) is 8.33. The number of nitrogens with zero attached hydrogens (tertiary/aromatic N) is 2. The summed E-state index contributed by atoms with van der Waals surface area (Å²) in [6.45, 7) is 0. The van der Waals surface area contributed by atoms with E-state index in [4.69, 9.17) is 11.6 Å². The van der Waals surface area contributed by atoms with Crippen LogP contribution in [0.2, 0.25) is 5.02 Å². The molecule has 1 aromatic heterocycles. The molecule has 26 heavy (non-hydrogen) atoms. The molecule has 0 saturated carbocycles. The Morgan fingerprint density at radius 2 is 1.77 bits per heavy atom. The molecule has 7 nitrogen and oxygen atoms in total. The van der Waals surface area contributed by atoms with E-state index in [0.29, 0.717) is 27.1 Å². The maximum atomic E-state index is 11.7. The van der Waals surface area contributed by atoms with Crippen molar-refractivity contribution in [1.82, 2.24) is 4.98 Å². The van der Waals surface area contributed by atoms with Gasteiger partial charge in [0, 0.05) is 37.1 Å². The van der Waals surface area contributed by atoms with Crippen LogP contribution >= 0.6 is 11.6 Å². The van der Waals surface area contributed by atoms with E-state index < -0.39 is 4.92 Å². The van der Waals surface area contributed by atoms with Crippen LogP contribution < -0.4 is 16.0 Å². The van der Waals surface area contributed by atoms with Crippen LogP contribution in [0.25, 0.3) is 22.0 Å². The van der Waals surface area contributed by atoms with Crippen molar-refractivity contribution in [2.75, 3.05) is 37.1 Å². The van der Waals surface area contributed by atoms with Gasteiger partial charge in [-0.25, -0.2) is 4.98 Å². The zero-order chi connectivity index (χ0) is 18.8. The molecule has 3 rings (SSSR count). The van der Waals surface area contributed by atoms with Gasteiger partial charge in [-0.15, -0.1) is 0 Å². The van der Waals surface area contributed by atoms with Crippen molar-refractivity contribution < 1.29 is 4.92 Å². The van der Waals surface area contributed by atoms with Crippen LogP contribution in [0.1, 0.15) is 0 Å². The molecule has 8 heteroatoms. The van der Waals surface area contributed by atoms with Crippen LogP contribution in [0.4, 0.5) is 22.7 Å². The molecule has 0 spiro atoms. The van der Waals surface area contributed by atoms with E-state index in [2.05, 4.69) is 20.9 Å². The smallest absolute Gasteiger partial charge is 0.296 e. The van der Waals surface area contributed by atoms with Gasteiger partial charge in [0.1, 0.15) is 6.20 Å². The number of halogens is 1. The molecule has 134 valence electrons. The summed E-state index contributed by atoms with van der Waals surface area (Å²) in [5.41, 5.74) is 3.94. The lowest BCUT2D eigenvalue weighted by molar-refractivity contribution is -0.384. The molecule has 0 fully saturated rings. The second-order valence-corrected chi connectivity index (χ2v) is 5.98. The molecular weight excluding hydrogens is 354 g/mol. The average Bonchev–Trinajstić information content (AvgIpc) is 2.65. The van der Waals surface area contributed by atoms with Gasteiger partial charge in [-0.05, 0) is 12.1 Å². The van der Waals surface area contributed by atoms with E-state index in [1.807, 2.05) is 13.1 Å². The molecule has 1 heterocycles. The maximum Gasteiger partial charge on any atom is 0.296 e. The Labute approximate surface area is 155 Å². The van der Waals surface area contributed by atoms with E-state index in [1.165, 1.54) is 6.20 Å². The van der Waals surface area contributed by atoms with Crippen molar-refractivity contribution >= 4 is 45.3 Å². The Kier molecular flexibility index (Phi) is 4.81. The lowest BCUT2D eigenvalue weighted by atomic mass is 9.97. The van der Waals surface area contributed by atoms with Crippen molar-refractivity contribution in [3.05, 3.63) is 51.7 Å². The van der Waals surface area contributed by atoms with Gasteiger partial charge < -0.3 is 16.0 Å². The van der Waals surface area contributed by atoms with Gasteiger partial charge in [0.05, 0.1) is 33.1 Å². The maximum absolute atomic E-state index is 11.7. The molecule has 0 amide bonds. The van der Waals surface area contributed by atoms with E-state index in [-0.39, 0.29) is 5.69 Å². The van der Waals surface area contributed by atoms with E-state index in [0.717, 1.165) is 17.1 Å². The van der Waals surface area contributed by atoms with E-state index >= 15 is 0 Å². The monoisotopic (exact) mass is 371 g/mol. The number of rotatable bonds is 5. The van der Waals surface area contributed by atoms with Crippen LogP contribution in [-0.4, -0.2) is 31.1 Å². The number of nitro groups is 1. The normalized spacial score (nSPS) is 10.6. The number of pyridine rings is 1. The first-order valence-electron chi connectivity index (χ1n) is 7.95. The third-order valence-corrected chi connectivity index (χ3v) is 4.58. The van der Waals surface area contributed by atoms with Gasteiger partial charge in [0.25, 0.3) is 5.69 Å². The molecule has 0 aliphatic heterocycles. The molecule has 0 bridgehead atoms. The highest BCUT2D eigenvalue weighted by Crippen LogP contribution is 2.45. The summed E-state index contributed by atoms with van der Waals surface area (Å²) >= 11 is 6.36. The van der Waals surface area contributed by atoms with Crippen LogP contribution in [0.5, 0.6) is 0 Å². The second-order valence-electron chi connectivity index (χ2n) is 5.58. The molecule has 3 N–H and O–H groups in total. The minimum Gasteiger partial charge on any atom is -0.386 e. The van der Waals surface area contributed by atoms with E-state index in [9.17, 15) is 10.1 Å². The average molecular weight is 372 g/mol. The lowest BCUT2D eigenvalue weighted by Gasteiger charge is -2.18. The Bertz CT molecular complexity index is 1010. The predicted octanol–water partition coefficient (Wildman–Crippen LogP) is 4.59. The number of nitrogens with one attached hydrogen (secondary N) is 3. The Hall–Kier alpha value is -3.06. The SMILES string of the molecule is CNc1cc2c(-c3ccccc3Cl)c([N+](=O)[O-])cnc2c(NC)c1NC. The predicted molar refractivity (Wildman–Crippen MR) is 107 cm³/mol. The highest BCUT2D eigenvalue weighted by molar-refractivity contribution is 6.34. The Balaban J connectivity index is 2.53. The van der Waals surface area contributed by atoms with Crippen LogP contribution in [0.3, 0.4) is 0 Å². The van der Waals surface area contributed by atoms with Crippen LogP contribution in [-0.2, 0) is 0 Å². The number of hydrogen-bond acceptors (Lipinski definition) is 6. The summed E-state index contributed by atoms with van der Waals surface area (Å²) in [5.74, 6) is 0. The first-order chi connectivity index (χ1) is 12.5. The number of benzene rings is 2. The van der Waals surface area contributed by atoms with Crippen LogP contribution in [0, 0.1) is 10.1 Å². The zero-order valence-corrected chi connectivity index (χ0v) is 15.3. The van der Waals surface area contributed by atoms with Crippen molar-refractivity contribution in [2.45, 2.75) is 0 Å².